The summed E-state index contributed by atoms with van der Waals surface area (Å²) in [6.07, 6.45) is 3.65. The predicted octanol–water partition coefficient (Wildman–Crippen LogP) is 3.67. The van der Waals surface area contributed by atoms with E-state index >= 15 is 0 Å². The number of hydrogen-bond donors (Lipinski definition) is 1. The molecule has 6 heteroatoms. The normalized spacial score (nSPS) is 10.9. The fraction of sp³-hybridized carbons (Fsp3) is 0.211. The molecule has 2 aromatic rings. The quantitative estimate of drug-likeness (QED) is 0.741. The molecule has 1 amide bonds. The molecule has 132 valence electrons. The third kappa shape index (κ3) is 6.25. The standard InChI is InChI=1S/C19H19F2NO3/c1-24-16-9-7-15(13-17(16)25-19(20)21)11-12-22-18(23)10-8-14-5-3-2-4-6-14/h2-10,13,19H,11-12H2,1H3,(H,22,23)/b10-8+. The Morgan fingerprint density at radius 3 is 2.60 bits per heavy atom. The molecule has 0 heterocycles. The maximum absolute atomic E-state index is 12.4. The van der Waals surface area contributed by atoms with Crippen LogP contribution in [0.1, 0.15) is 11.1 Å². The Labute approximate surface area is 145 Å². The van der Waals surface area contributed by atoms with Gasteiger partial charge in [0, 0.05) is 12.6 Å². The van der Waals surface area contributed by atoms with Crippen LogP contribution >= 0.6 is 0 Å². The lowest BCUT2D eigenvalue weighted by Crippen LogP contribution is -2.23. The molecule has 4 nitrogen and oxygen atoms in total. The molecule has 0 spiro atoms. The van der Waals surface area contributed by atoms with Crippen LogP contribution in [0.4, 0.5) is 8.78 Å². The third-order valence-electron chi connectivity index (χ3n) is 3.38. The number of benzene rings is 2. The maximum Gasteiger partial charge on any atom is 0.387 e. The summed E-state index contributed by atoms with van der Waals surface area (Å²) < 4.78 is 34.2. The number of nitrogens with one attached hydrogen (secondary N) is 1. The zero-order valence-corrected chi connectivity index (χ0v) is 13.7. The fourth-order valence-electron chi connectivity index (χ4n) is 2.19. The van der Waals surface area contributed by atoms with E-state index < -0.39 is 6.61 Å². The van der Waals surface area contributed by atoms with E-state index in [0.29, 0.717) is 13.0 Å². The minimum absolute atomic E-state index is 0.0229. The van der Waals surface area contributed by atoms with E-state index in [2.05, 4.69) is 10.1 Å². The number of hydrogen-bond acceptors (Lipinski definition) is 3. The van der Waals surface area contributed by atoms with Gasteiger partial charge in [0.15, 0.2) is 11.5 Å². The van der Waals surface area contributed by atoms with Gasteiger partial charge in [-0.3, -0.25) is 4.79 Å². The summed E-state index contributed by atoms with van der Waals surface area (Å²) in [5.74, 6) is -0.00871. The van der Waals surface area contributed by atoms with Crippen molar-refractivity contribution in [1.29, 1.82) is 0 Å². The molecule has 0 atom stereocenters. The van der Waals surface area contributed by atoms with Gasteiger partial charge in [0.25, 0.3) is 0 Å². The number of halogens is 2. The van der Waals surface area contributed by atoms with Crippen LogP contribution in [0.5, 0.6) is 11.5 Å². The predicted molar refractivity (Wildman–Crippen MR) is 91.8 cm³/mol. The third-order valence-corrected chi connectivity index (χ3v) is 3.38. The summed E-state index contributed by atoms with van der Waals surface area (Å²) in [5.41, 5.74) is 1.69. The van der Waals surface area contributed by atoms with Crippen LogP contribution in [0.2, 0.25) is 0 Å². The maximum atomic E-state index is 12.4. The van der Waals surface area contributed by atoms with Crippen molar-refractivity contribution in [2.75, 3.05) is 13.7 Å². The van der Waals surface area contributed by atoms with E-state index in [-0.39, 0.29) is 17.4 Å². The second kappa shape index (κ2) is 9.42. The summed E-state index contributed by atoms with van der Waals surface area (Å²) in [5, 5.41) is 2.74. The van der Waals surface area contributed by atoms with Crippen LogP contribution in [0.25, 0.3) is 6.08 Å². The van der Waals surface area contributed by atoms with Crippen LogP contribution in [0.3, 0.4) is 0 Å². The molecular formula is C19H19F2NO3. The number of rotatable bonds is 8. The lowest BCUT2D eigenvalue weighted by atomic mass is 10.1. The van der Waals surface area contributed by atoms with E-state index in [1.807, 2.05) is 30.3 Å². The minimum atomic E-state index is -2.92. The first kappa shape index (κ1) is 18.4. The summed E-state index contributed by atoms with van der Waals surface area (Å²) in [7, 11) is 1.38. The molecule has 0 saturated heterocycles. The number of carbonyl (C=O) groups is 1. The van der Waals surface area contributed by atoms with Gasteiger partial charge in [-0.2, -0.15) is 8.78 Å². The van der Waals surface area contributed by atoms with Gasteiger partial charge < -0.3 is 14.8 Å². The van der Waals surface area contributed by atoms with Crippen molar-refractivity contribution in [1.82, 2.24) is 5.32 Å². The molecule has 0 aliphatic carbocycles. The van der Waals surface area contributed by atoms with Gasteiger partial charge in [-0.15, -0.1) is 0 Å². The van der Waals surface area contributed by atoms with E-state index in [4.69, 9.17) is 4.74 Å². The average Bonchev–Trinajstić information content (AvgIpc) is 2.60. The molecule has 25 heavy (non-hydrogen) atoms. The van der Waals surface area contributed by atoms with Crippen molar-refractivity contribution in [2.45, 2.75) is 13.0 Å². The van der Waals surface area contributed by atoms with Crippen molar-refractivity contribution in [3.8, 4) is 11.5 Å². The first-order chi connectivity index (χ1) is 12.1. The van der Waals surface area contributed by atoms with E-state index in [1.54, 1.807) is 18.2 Å². The second-order valence-corrected chi connectivity index (χ2v) is 5.15. The Morgan fingerprint density at radius 1 is 1.16 bits per heavy atom. The van der Waals surface area contributed by atoms with Gasteiger partial charge in [0.2, 0.25) is 5.91 Å². The SMILES string of the molecule is COc1ccc(CCNC(=O)/C=C/c2ccccc2)cc1OC(F)F. The van der Waals surface area contributed by atoms with Gasteiger partial charge in [0.05, 0.1) is 7.11 Å². The highest BCUT2D eigenvalue weighted by atomic mass is 19.3. The Morgan fingerprint density at radius 2 is 1.92 bits per heavy atom. The second-order valence-electron chi connectivity index (χ2n) is 5.15. The minimum Gasteiger partial charge on any atom is -0.493 e. The van der Waals surface area contributed by atoms with Gasteiger partial charge >= 0.3 is 6.61 Å². The number of ether oxygens (including phenoxy) is 2. The van der Waals surface area contributed by atoms with Crippen LogP contribution in [-0.2, 0) is 11.2 Å². The first-order valence-electron chi connectivity index (χ1n) is 7.71. The molecule has 0 aliphatic heterocycles. The Balaban J connectivity index is 1.86. The molecule has 0 fully saturated rings. The molecule has 1 N–H and O–H groups in total. The van der Waals surface area contributed by atoms with Crippen LogP contribution in [0.15, 0.2) is 54.6 Å². The number of amides is 1. The van der Waals surface area contributed by atoms with Crippen molar-refractivity contribution in [3.05, 3.63) is 65.7 Å². The Hall–Kier alpha value is -2.89. The summed E-state index contributed by atoms with van der Waals surface area (Å²) in [4.78, 5) is 11.8. The molecular weight excluding hydrogens is 328 g/mol. The monoisotopic (exact) mass is 347 g/mol. The molecule has 0 unspecified atom stereocenters. The van der Waals surface area contributed by atoms with E-state index in [1.165, 1.54) is 19.3 Å². The number of carbonyl (C=O) groups excluding carboxylic acids is 1. The van der Waals surface area contributed by atoms with Crippen LogP contribution < -0.4 is 14.8 Å². The van der Waals surface area contributed by atoms with E-state index in [0.717, 1.165) is 11.1 Å². The summed E-state index contributed by atoms with van der Waals surface area (Å²) in [6, 6.07) is 14.3. The van der Waals surface area contributed by atoms with Gasteiger partial charge in [-0.05, 0) is 35.8 Å². The highest BCUT2D eigenvalue weighted by Crippen LogP contribution is 2.29. The zero-order valence-electron chi connectivity index (χ0n) is 13.7. The summed E-state index contributed by atoms with van der Waals surface area (Å²) in [6.45, 7) is -2.55. The van der Waals surface area contributed by atoms with Crippen molar-refractivity contribution in [2.24, 2.45) is 0 Å². The molecule has 2 aromatic carbocycles. The fourth-order valence-corrected chi connectivity index (χ4v) is 2.19. The molecule has 0 aliphatic rings. The highest BCUT2D eigenvalue weighted by molar-refractivity contribution is 5.91. The van der Waals surface area contributed by atoms with Gasteiger partial charge in [0.1, 0.15) is 0 Å². The van der Waals surface area contributed by atoms with Gasteiger partial charge in [-0.1, -0.05) is 36.4 Å². The Kier molecular flexibility index (Phi) is 6.95. The first-order valence-corrected chi connectivity index (χ1v) is 7.71. The topological polar surface area (TPSA) is 47.6 Å². The molecule has 0 aromatic heterocycles. The summed E-state index contributed by atoms with van der Waals surface area (Å²) >= 11 is 0. The molecule has 0 bridgehead atoms. The van der Waals surface area contributed by atoms with E-state index in [9.17, 15) is 13.6 Å². The molecule has 2 rings (SSSR count). The highest BCUT2D eigenvalue weighted by Gasteiger charge is 2.11. The number of methoxy groups -OCH3 is 1. The number of alkyl halides is 2. The largest absolute Gasteiger partial charge is 0.493 e. The van der Waals surface area contributed by atoms with Crippen molar-refractivity contribution >= 4 is 12.0 Å². The van der Waals surface area contributed by atoms with Crippen LogP contribution in [0, 0.1) is 0 Å². The van der Waals surface area contributed by atoms with Gasteiger partial charge in [-0.25, -0.2) is 0 Å². The Bertz CT molecular complexity index is 718. The lowest BCUT2D eigenvalue weighted by molar-refractivity contribution is -0.116. The van der Waals surface area contributed by atoms with Crippen molar-refractivity contribution < 1.29 is 23.0 Å². The molecule has 0 radical (unpaired) electrons. The average molecular weight is 347 g/mol. The zero-order chi connectivity index (χ0) is 18.1. The smallest absolute Gasteiger partial charge is 0.387 e. The van der Waals surface area contributed by atoms with Crippen molar-refractivity contribution in [3.63, 3.8) is 0 Å². The lowest BCUT2D eigenvalue weighted by Gasteiger charge is -2.11. The van der Waals surface area contributed by atoms with Crippen LogP contribution in [-0.4, -0.2) is 26.2 Å². The molecule has 0 saturated carbocycles.